The van der Waals surface area contributed by atoms with Crippen LogP contribution in [-0.2, 0) is 9.53 Å². The van der Waals surface area contributed by atoms with Gasteiger partial charge in [0, 0.05) is 18.0 Å². The van der Waals surface area contributed by atoms with E-state index in [9.17, 15) is 24.1 Å². The Morgan fingerprint density at radius 1 is 1.36 bits per heavy atom. The smallest absolute Gasteiger partial charge is 0.339 e. The molecule has 0 aliphatic rings. The Hall–Kier alpha value is -3.07. The van der Waals surface area contributed by atoms with Crippen LogP contribution >= 0.6 is 11.6 Å². The molecule has 1 atom stereocenters. The van der Waals surface area contributed by atoms with Crippen LogP contribution in [0.25, 0.3) is 0 Å². The van der Waals surface area contributed by atoms with Gasteiger partial charge in [-0.2, -0.15) is 4.39 Å². The Balaban J connectivity index is 2.04. The zero-order valence-electron chi connectivity index (χ0n) is 12.7. The Morgan fingerprint density at radius 2 is 2.08 bits per heavy atom. The molecule has 0 aliphatic heterocycles. The second kappa shape index (κ2) is 7.67. The number of carbonyl (C=O) groups is 2. The van der Waals surface area contributed by atoms with Gasteiger partial charge in [0.05, 0.1) is 10.5 Å². The van der Waals surface area contributed by atoms with Gasteiger partial charge in [-0.1, -0.05) is 11.6 Å². The Labute approximate surface area is 145 Å². The number of nitrogens with one attached hydrogen (secondary N) is 1. The van der Waals surface area contributed by atoms with Crippen LogP contribution < -0.4 is 5.32 Å². The van der Waals surface area contributed by atoms with Crippen LogP contribution in [0, 0.1) is 15.9 Å². The molecular weight excluding hydrogens is 357 g/mol. The second-order valence-electron chi connectivity index (χ2n) is 4.83. The molecule has 2 aromatic rings. The number of benzene rings is 1. The van der Waals surface area contributed by atoms with Crippen LogP contribution in [0.3, 0.4) is 0 Å². The van der Waals surface area contributed by atoms with Crippen molar-refractivity contribution < 1.29 is 23.6 Å². The van der Waals surface area contributed by atoms with Gasteiger partial charge in [-0.15, -0.1) is 0 Å². The van der Waals surface area contributed by atoms with E-state index < -0.39 is 34.4 Å². The SMILES string of the molecule is CC(OC(=O)c1ccnc(Cl)c1)C(=O)Nc1ccc(F)c([N+](=O)[O-])c1. The molecule has 0 bridgehead atoms. The van der Waals surface area contributed by atoms with Gasteiger partial charge in [-0.05, 0) is 31.2 Å². The predicted molar refractivity (Wildman–Crippen MR) is 85.8 cm³/mol. The van der Waals surface area contributed by atoms with Gasteiger partial charge in [0.2, 0.25) is 5.82 Å². The zero-order chi connectivity index (χ0) is 18.6. The van der Waals surface area contributed by atoms with E-state index in [4.69, 9.17) is 16.3 Å². The van der Waals surface area contributed by atoms with E-state index in [0.717, 1.165) is 18.2 Å². The first-order valence-electron chi connectivity index (χ1n) is 6.85. The van der Waals surface area contributed by atoms with Crippen molar-refractivity contribution in [3.05, 3.63) is 63.2 Å². The number of esters is 1. The van der Waals surface area contributed by atoms with E-state index in [1.54, 1.807) is 0 Å². The third-order valence-electron chi connectivity index (χ3n) is 3.03. The lowest BCUT2D eigenvalue weighted by atomic mass is 10.2. The summed E-state index contributed by atoms with van der Waals surface area (Å²) in [6.45, 7) is 1.31. The van der Waals surface area contributed by atoms with Crippen molar-refractivity contribution in [2.24, 2.45) is 0 Å². The minimum absolute atomic E-state index is 0.00652. The number of halogens is 2. The molecule has 1 heterocycles. The number of carbonyl (C=O) groups excluding carboxylic acids is 2. The van der Waals surface area contributed by atoms with E-state index in [1.165, 1.54) is 25.3 Å². The highest BCUT2D eigenvalue weighted by molar-refractivity contribution is 6.29. The summed E-state index contributed by atoms with van der Waals surface area (Å²) in [7, 11) is 0. The lowest BCUT2D eigenvalue weighted by molar-refractivity contribution is -0.387. The molecule has 0 aliphatic carbocycles. The van der Waals surface area contributed by atoms with E-state index in [0.29, 0.717) is 0 Å². The van der Waals surface area contributed by atoms with Crippen LogP contribution in [-0.4, -0.2) is 27.9 Å². The fourth-order valence-electron chi connectivity index (χ4n) is 1.79. The fourth-order valence-corrected chi connectivity index (χ4v) is 1.96. The van der Waals surface area contributed by atoms with Gasteiger partial charge in [-0.3, -0.25) is 14.9 Å². The number of hydrogen-bond donors (Lipinski definition) is 1. The summed E-state index contributed by atoms with van der Waals surface area (Å²) in [6, 6.07) is 5.51. The Bertz CT molecular complexity index is 846. The molecule has 0 saturated heterocycles. The standard InChI is InChI=1S/C15H11ClFN3O5/c1-8(25-15(22)9-4-5-18-13(16)6-9)14(21)19-10-2-3-11(17)12(7-10)20(23)24/h2-8H,1H3,(H,19,21). The maximum Gasteiger partial charge on any atom is 0.339 e. The molecule has 0 saturated carbocycles. The number of nitro groups is 1. The second-order valence-corrected chi connectivity index (χ2v) is 5.21. The van der Waals surface area contributed by atoms with Crippen molar-refractivity contribution in [1.82, 2.24) is 4.98 Å². The summed E-state index contributed by atoms with van der Waals surface area (Å²) in [6.07, 6.45) is 0.102. The highest BCUT2D eigenvalue weighted by atomic mass is 35.5. The number of aromatic nitrogens is 1. The van der Waals surface area contributed by atoms with Gasteiger partial charge in [0.1, 0.15) is 5.15 Å². The molecule has 25 heavy (non-hydrogen) atoms. The van der Waals surface area contributed by atoms with Crippen molar-refractivity contribution >= 4 is 34.9 Å². The van der Waals surface area contributed by atoms with Gasteiger partial charge >= 0.3 is 11.7 Å². The molecule has 1 N–H and O–H groups in total. The van der Waals surface area contributed by atoms with Gasteiger partial charge in [-0.25, -0.2) is 9.78 Å². The molecule has 1 unspecified atom stereocenters. The molecule has 1 aromatic heterocycles. The number of pyridine rings is 1. The minimum atomic E-state index is -1.21. The summed E-state index contributed by atoms with van der Waals surface area (Å²) < 4.78 is 18.3. The number of hydrogen-bond acceptors (Lipinski definition) is 6. The molecule has 0 spiro atoms. The summed E-state index contributed by atoms with van der Waals surface area (Å²) in [5, 5.41) is 13.1. The normalized spacial score (nSPS) is 11.5. The summed E-state index contributed by atoms with van der Waals surface area (Å²) in [5.74, 6) is -2.57. The number of rotatable bonds is 5. The molecule has 1 aromatic carbocycles. The molecule has 2 rings (SSSR count). The number of amides is 1. The third-order valence-corrected chi connectivity index (χ3v) is 3.23. The molecule has 1 amide bonds. The first kappa shape index (κ1) is 18.3. The van der Waals surface area contributed by atoms with Crippen LogP contribution in [0.15, 0.2) is 36.5 Å². The van der Waals surface area contributed by atoms with E-state index in [2.05, 4.69) is 10.3 Å². The molecule has 8 nitrogen and oxygen atoms in total. The van der Waals surface area contributed by atoms with E-state index in [-0.39, 0.29) is 16.4 Å². The van der Waals surface area contributed by atoms with Crippen molar-refractivity contribution in [1.29, 1.82) is 0 Å². The van der Waals surface area contributed by atoms with E-state index >= 15 is 0 Å². The average Bonchev–Trinajstić information content (AvgIpc) is 2.56. The minimum Gasteiger partial charge on any atom is -0.449 e. The fraction of sp³-hybridized carbons (Fsp3) is 0.133. The number of nitro benzene ring substituents is 1. The predicted octanol–water partition coefficient (Wildman–Crippen LogP) is 2.97. The van der Waals surface area contributed by atoms with Crippen molar-refractivity contribution in [3.8, 4) is 0 Å². The zero-order valence-corrected chi connectivity index (χ0v) is 13.5. The third kappa shape index (κ3) is 4.70. The molecule has 10 heteroatoms. The first-order chi connectivity index (χ1) is 11.8. The molecule has 0 radical (unpaired) electrons. The van der Waals surface area contributed by atoms with Gasteiger partial charge in [0.15, 0.2) is 6.10 Å². The lowest BCUT2D eigenvalue weighted by Crippen LogP contribution is -2.30. The van der Waals surface area contributed by atoms with Crippen molar-refractivity contribution in [3.63, 3.8) is 0 Å². The van der Waals surface area contributed by atoms with Crippen molar-refractivity contribution in [2.45, 2.75) is 13.0 Å². The van der Waals surface area contributed by atoms with Crippen LogP contribution in [0.5, 0.6) is 0 Å². The average molecular weight is 368 g/mol. The maximum absolute atomic E-state index is 13.3. The topological polar surface area (TPSA) is 111 Å². The lowest BCUT2D eigenvalue weighted by Gasteiger charge is -2.13. The Kier molecular flexibility index (Phi) is 5.60. The number of nitrogens with zero attached hydrogens (tertiary/aromatic N) is 2. The molecular formula is C15H11ClFN3O5. The van der Waals surface area contributed by atoms with E-state index in [1.807, 2.05) is 0 Å². The highest BCUT2D eigenvalue weighted by Gasteiger charge is 2.21. The van der Waals surface area contributed by atoms with Gasteiger partial charge < -0.3 is 10.1 Å². The van der Waals surface area contributed by atoms with Crippen LogP contribution in [0.2, 0.25) is 5.15 Å². The van der Waals surface area contributed by atoms with Crippen LogP contribution in [0.1, 0.15) is 17.3 Å². The first-order valence-corrected chi connectivity index (χ1v) is 7.23. The number of ether oxygens (including phenoxy) is 1. The summed E-state index contributed by atoms with van der Waals surface area (Å²) in [5.41, 5.74) is -0.682. The van der Waals surface area contributed by atoms with Crippen LogP contribution in [0.4, 0.5) is 15.8 Å². The largest absolute Gasteiger partial charge is 0.449 e. The highest BCUT2D eigenvalue weighted by Crippen LogP contribution is 2.22. The Morgan fingerprint density at radius 3 is 2.72 bits per heavy atom. The summed E-state index contributed by atoms with van der Waals surface area (Å²) in [4.78, 5) is 37.4. The quantitative estimate of drug-likeness (QED) is 0.376. The maximum atomic E-state index is 13.3. The number of anilines is 1. The molecule has 130 valence electrons. The van der Waals surface area contributed by atoms with Crippen molar-refractivity contribution in [2.75, 3.05) is 5.32 Å². The van der Waals surface area contributed by atoms with Gasteiger partial charge in [0.25, 0.3) is 5.91 Å². The monoisotopic (exact) mass is 367 g/mol. The molecule has 0 fully saturated rings. The summed E-state index contributed by atoms with van der Waals surface area (Å²) >= 11 is 5.66.